The summed E-state index contributed by atoms with van der Waals surface area (Å²) in [5.74, 6) is 0.195. The van der Waals surface area contributed by atoms with Crippen LogP contribution in [0.5, 0.6) is 0 Å². The van der Waals surface area contributed by atoms with Crippen molar-refractivity contribution in [1.82, 2.24) is 16.1 Å². The lowest BCUT2D eigenvalue weighted by atomic mass is 9.84. The molecule has 2 aromatic carbocycles. The Bertz CT molecular complexity index is 994. The summed E-state index contributed by atoms with van der Waals surface area (Å²) < 4.78 is 0. The lowest BCUT2D eigenvalue weighted by Crippen LogP contribution is -2.43. The van der Waals surface area contributed by atoms with Gasteiger partial charge in [0.2, 0.25) is 0 Å². The van der Waals surface area contributed by atoms with Crippen molar-refractivity contribution in [1.29, 1.82) is 0 Å². The standard InChI is InChI=1S/C30H42N4O3/c1-22(33-37)26-11-13-28(14-12-26)34-17-15-25(16-18-34)20-31-19-23-7-9-24(10-8-23)21-32-29(30(35)36)27-5-3-2-4-6-27/h7-14,25,27,29,31-33,37H,1-6,15-21H2,(H,35,36)/t29-/m0/s1. The first-order chi connectivity index (χ1) is 18.0. The van der Waals surface area contributed by atoms with E-state index in [0.29, 0.717) is 18.2 Å². The molecule has 1 saturated carbocycles. The molecule has 1 saturated heterocycles. The Morgan fingerprint density at radius 3 is 2.14 bits per heavy atom. The van der Waals surface area contributed by atoms with Gasteiger partial charge < -0.3 is 20.6 Å². The van der Waals surface area contributed by atoms with E-state index in [2.05, 4.69) is 64.0 Å². The molecule has 0 bridgehead atoms. The number of piperidine rings is 1. The van der Waals surface area contributed by atoms with Crippen LogP contribution in [0.25, 0.3) is 5.70 Å². The normalized spacial score (nSPS) is 17.9. The first kappa shape index (κ1) is 27.2. The van der Waals surface area contributed by atoms with Crippen LogP contribution in [0.4, 0.5) is 5.69 Å². The Kier molecular flexibility index (Phi) is 9.99. The topological polar surface area (TPSA) is 96.9 Å². The number of hydroxylamine groups is 1. The van der Waals surface area contributed by atoms with Crippen molar-refractivity contribution in [3.63, 3.8) is 0 Å². The van der Waals surface area contributed by atoms with Gasteiger partial charge in [0, 0.05) is 31.9 Å². The second kappa shape index (κ2) is 13.6. The molecule has 0 unspecified atom stereocenters. The number of benzene rings is 2. The second-order valence-electron chi connectivity index (χ2n) is 10.6. The van der Waals surface area contributed by atoms with Gasteiger partial charge in [-0.3, -0.25) is 15.5 Å². The summed E-state index contributed by atoms with van der Waals surface area (Å²) >= 11 is 0. The van der Waals surface area contributed by atoms with Gasteiger partial charge in [-0.25, -0.2) is 0 Å². The highest BCUT2D eigenvalue weighted by Gasteiger charge is 2.28. The monoisotopic (exact) mass is 506 g/mol. The van der Waals surface area contributed by atoms with E-state index in [4.69, 9.17) is 5.21 Å². The van der Waals surface area contributed by atoms with Gasteiger partial charge >= 0.3 is 5.97 Å². The smallest absolute Gasteiger partial charge is 0.320 e. The van der Waals surface area contributed by atoms with E-state index in [9.17, 15) is 9.90 Å². The molecule has 1 atom stereocenters. The van der Waals surface area contributed by atoms with Crippen molar-refractivity contribution >= 4 is 17.4 Å². The number of aliphatic carboxylic acids is 1. The molecular weight excluding hydrogens is 464 g/mol. The van der Waals surface area contributed by atoms with Gasteiger partial charge in [0.1, 0.15) is 6.04 Å². The maximum Gasteiger partial charge on any atom is 0.320 e. The minimum absolute atomic E-state index is 0.247. The molecule has 37 heavy (non-hydrogen) atoms. The van der Waals surface area contributed by atoms with Gasteiger partial charge in [0.05, 0.1) is 5.70 Å². The molecule has 0 aromatic heterocycles. The van der Waals surface area contributed by atoms with Crippen LogP contribution in [-0.2, 0) is 17.9 Å². The number of nitrogens with zero attached hydrogens (tertiary/aromatic N) is 1. The highest BCUT2D eigenvalue weighted by Crippen LogP contribution is 2.27. The van der Waals surface area contributed by atoms with Gasteiger partial charge in [0.15, 0.2) is 0 Å². The summed E-state index contributed by atoms with van der Waals surface area (Å²) in [5, 5.41) is 25.6. The van der Waals surface area contributed by atoms with Crippen LogP contribution >= 0.6 is 0 Å². The zero-order valence-electron chi connectivity index (χ0n) is 21.8. The summed E-state index contributed by atoms with van der Waals surface area (Å²) in [4.78, 5) is 14.2. The predicted octanol–water partition coefficient (Wildman–Crippen LogP) is 4.77. The molecule has 5 N–H and O–H groups in total. The van der Waals surface area contributed by atoms with E-state index in [-0.39, 0.29) is 5.92 Å². The Labute approximate surface area is 220 Å². The molecule has 4 rings (SSSR count). The lowest BCUT2D eigenvalue weighted by molar-refractivity contribution is -0.141. The number of anilines is 1. The van der Waals surface area contributed by atoms with Gasteiger partial charge in [0.25, 0.3) is 0 Å². The third-order valence-electron chi connectivity index (χ3n) is 8.03. The van der Waals surface area contributed by atoms with Crippen molar-refractivity contribution in [3.8, 4) is 0 Å². The largest absolute Gasteiger partial charge is 0.480 e. The number of nitrogens with one attached hydrogen (secondary N) is 3. The van der Waals surface area contributed by atoms with Crippen molar-refractivity contribution in [2.45, 2.75) is 64.1 Å². The zero-order valence-corrected chi connectivity index (χ0v) is 21.8. The summed E-state index contributed by atoms with van der Waals surface area (Å²) in [6, 6.07) is 16.2. The van der Waals surface area contributed by atoms with Crippen LogP contribution in [0.3, 0.4) is 0 Å². The van der Waals surface area contributed by atoms with Gasteiger partial charge in [-0.2, -0.15) is 0 Å². The van der Waals surface area contributed by atoms with Crippen molar-refractivity contribution in [3.05, 3.63) is 71.8 Å². The highest BCUT2D eigenvalue weighted by atomic mass is 16.5. The fourth-order valence-corrected chi connectivity index (χ4v) is 5.68. The quantitative estimate of drug-likeness (QED) is 0.265. The molecule has 2 aromatic rings. The summed E-state index contributed by atoms with van der Waals surface area (Å²) in [6.07, 6.45) is 7.87. The molecule has 0 amide bonds. The molecule has 7 heteroatoms. The summed E-state index contributed by atoms with van der Waals surface area (Å²) in [7, 11) is 0. The minimum Gasteiger partial charge on any atom is -0.480 e. The van der Waals surface area contributed by atoms with E-state index in [1.807, 2.05) is 12.1 Å². The number of hydrogen-bond acceptors (Lipinski definition) is 6. The first-order valence-electron chi connectivity index (χ1n) is 13.7. The summed E-state index contributed by atoms with van der Waals surface area (Å²) in [6.45, 7) is 8.33. The van der Waals surface area contributed by atoms with Gasteiger partial charge in [-0.05, 0) is 72.9 Å². The molecule has 0 radical (unpaired) electrons. The number of carboxylic acids is 1. The summed E-state index contributed by atoms with van der Waals surface area (Å²) in [5.41, 5.74) is 7.09. The third-order valence-corrected chi connectivity index (χ3v) is 8.03. The number of hydrogen-bond donors (Lipinski definition) is 5. The van der Waals surface area contributed by atoms with Crippen LogP contribution in [0.2, 0.25) is 0 Å². The Morgan fingerprint density at radius 2 is 1.54 bits per heavy atom. The van der Waals surface area contributed by atoms with E-state index in [1.165, 1.54) is 17.7 Å². The number of carboxylic acid groups (broad SMARTS) is 1. The fourth-order valence-electron chi connectivity index (χ4n) is 5.68. The number of rotatable bonds is 12. The van der Waals surface area contributed by atoms with Crippen LogP contribution < -0.4 is 21.0 Å². The molecule has 1 aliphatic carbocycles. The van der Waals surface area contributed by atoms with Gasteiger partial charge in [-0.15, -0.1) is 0 Å². The molecule has 1 aliphatic heterocycles. The van der Waals surface area contributed by atoms with E-state index in [1.54, 1.807) is 0 Å². The van der Waals surface area contributed by atoms with Crippen LogP contribution in [0, 0.1) is 11.8 Å². The third kappa shape index (κ3) is 7.81. The molecule has 0 spiro atoms. The second-order valence-corrected chi connectivity index (χ2v) is 10.6. The van der Waals surface area contributed by atoms with E-state index >= 15 is 0 Å². The highest BCUT2D eigenvalue weighted by molar-refractivity contribution is 5.73. The maximum atomic E-state index is 11.8. The van der Waals surface area contributed by atoms with Crippen LogP contribution in [0.15, 0.2) is 55.1 Å². The zero-order chi connectivity index (χ0) is 26.0. The molecular formula is C30H42N4O3. The van der Waals surface area contributed by atoms with Crippen LogP contribution in [0.1, 0.15) is 61.6 Å². The minimum atomic E-state index is -0.724. The van der Waals surface area contributed by atoms with Crippen molar-refractivity contribution in [2.75, 3.05) is 24.5 Å². The van der Waals surface area contributed by atoms with Crippen LogP contribution in [-0.4, -0.2) is 42.0 Å². The molecule has 7 nitrogen and oxygen atoms in total. The molecule has 200 valence electrons. The number of carbonyl (C=O) groups is 1. The SMILES string of the molecule is C=C(NO)c1ccc(N2CCC(CNCc3ccc(CN[C@H](C(=O)O)C4CCCCC4)cc3)CC2)cc1. The fraction of sp³-hybridized carbons (Fsp3) is 0.500. The molecule has 2 aliphatic rings. The van der Waals surface area contributed by atoms with E-state index < -0.39 is 12.0 Å². The Morgan fingerprint density at radius 1 is 0.919 bits per heavy atom. The predicted molar refractivity (Wildman–Crippen MR) is 148 cm³/mol. The molecule has 1 heterocycles. The average Bonchev–Trinajstić information content (AvgIpc) is 2.94. The first-order valence-corrected chi connectivity index (χ1v) is 13.7. The van der Waals surface area contributed by atoms with Crippen molar-refractivity contribution in [2.24, 2.45) is 11.8 Å². The Hall–Kier alpha value is -2.87. The lowest BCUT2D eigenvalue weighted by Gasteiger charge is -2.34. The Balaban J connectivity index is 1.15. The van der Waals surface area contributed by atoms with E-state index in [0.717, 1.165) is 75.8 Å². The molecule has 2 fully saturated rings. The van der Waals surface area contributed by atoms with Gasteiger partial charge in [-0.1, -0.05) is 62.2 Å². The average molecular weight is 507 g/mol. The maximum absolute atomic E-state index is 11.8. The van der Waals surface area contributed by atoms with Crippen molar-refractivity contribution < 1.29 is 15.1 Å².